The van der Waals surface area contributed by atoms with Crippen LogP contribution < -0.4 is 0 Å². The molecule has 1 aromatic heterocycles. The fourth-order valence-corrected chi connectivity index (χ4v) is 4.42. The van der Waals surface area contributed by atoms with Crippen LogP contribution >= 0.6 is 23.2 Å². The van der Waals surface area contributed by atoms with E-state index < -0.39 is 0 Å². The predicted octanol–water partition coefficient (Wildman–Crippen LogP) is 5.20. The van der Waals surface area contributed by atoms with Crippen molar-refractivity contribution < 1.29 is 18.7 Å². The molecule has 7 heteroatoms. The monoisotopic (exact) mass is 411 g/mol. The van der Waals surface area contributed by atoms with Gasteiger partial charge in [-0.2, -0.15) is 0 Å². The van der Waals surface area contributed by atoms with Crippen molar-refractivity contribution in [2.75, 3.05) is 13.2 Å². The van der Waals surface area contributed by atoms with Gasteiger partial charge in [-0.25, -0.2) is 0 Å². The molecule has 1 saturated heterocycles. The van der Waals surface area contributed by atoms with E-state index in [2.05, 4.69) is 5.16 Å². The normalized spacial score (nSPS) is 25.8. The molecule has 146 valence electrons. The molecule has 0 N–H and O–H groups in total. The second-order valence-electron chi connectivity index (χ2n) is 7.13. The van der Waals surface area contributed by atoms with Gasteiger partial charge in [-0.1, -0.05) is 34.4 Å². The molecule has 1 aliphatic carbocycles. The third-order valence-electron chi connectivity index (χ3n) is 5.30. The van der Waals surface area contributed by atoms with E-state index in [1.54, 1.807) is 12.1 Å². The third-order valence-corrected chi connectivity index (χ3v) is 5.93. The number of rotatable bonds is 4. The number of halogens is 2. The molecule has 0 spiro atoms. The minimum Gasteiger partial charge on any atom is -0.376 e. The quantitative estimate of drug-likeness (QED) is 0.691. The van der Waals surface area contributed by atoms with Crippen LogP contribution in [-0.2, 0) is 20.8 Å². The Morgan fingerprint density at radius 3 is 2.33 bits per heavy atom. The van der Waals surface area contributed by atoms with Crippen LogP contribution in [0.1, 0.15) is 37.0 Å². The van der Waals surface area contributed by atoms with Crippen molar-refractivity contribution in [1.29, 1.82) is 0 Å². The topological polar surface area (TPSA) is 53.7 Å². The molecule has 2 aromatic rings. The van der Waals surface area contributed by atoms with Crippen molar-refractivity contribution in [3.05, 3.63) is 39.6 Å². The van der Waals surface area contributed by atoms with E-state index in [1.165, 1.54) is 0 Å². The molecule has 2 fully saturated rings. The zero-order valence-corrected chi connectivity index (χ0v) is 16.8. The van der Waals surface area contributed by atoms with Crippen LogP contribution in [0.25, 0.3) is 11.3 Å². The van der Waals surface area contributed by atoms with Crippen LogP contribution in [0.3, 0.4) is 0 Å². The second kappa shape index (κ2) is 8.50. The second-order valence-corrected chi connectivity index (χ2v) is 7.94. The van der Waals surface area contributed by atoms with E-state index in [4.69, 9.17) is 41.9 Å². The largest absolute Gasteiger partial charge is 0.376 e. The van der Waals surface area contributed by atoms with Gasteiger partial charge in [-0.05, 0) is 44.7 Å². The molecule has 0 amide bonds. The molecule has 0 unspecified atom stereocenters. The molecule has 1 aliphatic heterocycles. The van der Waals surface area contributed by atoms with Crippen molar-refractivity contribution in [2.45, 2.75) is 57.5 Å². The van der Waals surface area contributed by atoms with Crippen molar-refractivity contribution in [1.82, 2.24) is 5.16 Å². The predicted molar refractivity (Wildman–Crippen MR) is 103 cm³/mol. The molecule has 3 atom stereocenters. The number of hydrogen-bond donors (Lipinski definition) is 0. The van der Waals surface area contributed by atoms with Crippen molar-refractivity contribution in [3.8, 4) is 11.3 Å². The SMILES string of the molecule is Cc1onc(-c2c(Cl)cccc2Cl)c1CO[C@H]1C[C@H]2CC[C@@H](C1)OCCO2. The number of hydrogen-bond acceptors (Lipinski definition) is 5. The van der Waals surface area contributed by atoms with Gasteiger partial charge in [-0.15, -0.1) is 0 Å². The molecule has 2 heterocycles. The van der Waals surface area contributed by atoms with Gasteiger partial charge in [-0.3, -0.25) is 0 Å². The summed E-state index contributed by atoms with van der Waals surface area (Å²) in [7, 11) is 0. The van der Waals surface area contributed by atoms with E-state index in [0.29, 0.717) is 46.9 Å². The highest BCUT2D eigenvalue weighted by Crippen LogP contribution is 2.37. The zero-order chi connectivity index (χ0) is 18.8. The first kappa shape index (κ1) is 19.2. The van der Waals surface area contributed by atoms with Crippen LogP contribution in [0.2, 0.25) is 10.0 Å². The lowest BCUT2D eigenvalue weighted by Gasteiger charge is -2.20. The summed E-state index contributed by atoms with van der Waals surface area (Å²) in [6, 6.07) is 5.40. The summed E-state index contributed by atoms with van der Waals surface area (Å²) >= 11 is 12.7. The van der Waals surface area contributed by atoms with E-state index in [-0.39, 0.29) is 18.3 Å². The lowest BCUT2D eigenvalue weighted by molar-refractivity contribution is -0.0451. The molecule has 5 nitrogen and oxygen atoms in total. The van der Waals surface area contributed by atoms with Crippen LogP contribution in [0.15, 0.2) is 22.7 Å². The van der Waals surface area contributed by atoms with Crippen molar-refractivity contribution >= 4 is 23.2 Å². The maximum Gasteiger partial charge on any atom is 0.139 e. The molecule has 2 bridgehead atoms. The van der Waals surface area contributed by atoms with Gasteiger partial charge in [0.25, 0.3) is 0 Å². The standard InChI is InChI=1S/C20H23Cl2NO4/c1-12-16(20(23-27-12)19-17(21)3-2-4-18(19)22)11-26-15-9-13-5-6-14(10-15)25-8-7-24-13/h2-4,13-15H,5-11H2,1H3/t13-,14+,15+. The Kier molecular flexibility index (Phi) is 6.05. The Balaban J connectivity index is 1.53. The van der Waals surface area contributed by atoms with Crippen molar-refractivity contribution in [2.24, 2.45) is 0 Å². The summed E-state index contributed by atoms with van der Waals surface area (Å²) in [4.78, 5) is 0. The lowest BCUT2D eigenvalue weighted by atomic mass is 10.1. The van der Waals surface area contributed by atoms with Gasteiger partial charge in [0.15, 0.2) is 0 Å². The highest BCUT2D eigenvalue weighted by Gasteiger charge is 2.30. The number of fused-ring (bicyclic) bond motifs is 3. The minimum atomic E-state index is 0.0736. The summed E-state index contributed by atoms with van der Waals surface area (Å²) in [6.45, 7) is 3.58. The summed E-state index contributed by atoms with van der Waals surface area (Å²) in [5, 5.41) is 5.27. The molecule has 4 rings (SSSR count). The van der Waals surface area contributed by atoms with Gasteiger partial charge in [0.2, 0.25) is 0 Å². The fourth-order valence-electron chi connectivity index (χ4n) is 3.84. The average Bonchev–Trinajstić information content (AvgIpc) is 2.90. The van der Waals surface area contributed by atoms with E-state index in [1.807, 2.05) is 13.0 Å². The van der Waals surface area contributed by atoms with Crippen LogP contribution in [0, 0.1) is 6.92 Å². The molecule has 1 aromatic carbocycles. The number of aromatic nitrogens is 1. The first-order valence-electron chi connectivity index (χ1n) is 9.36. The third kappa shape index (κ3) is 4.33. The van der Waals surface area contributed by atoms with Crippen molar-refractivity contribution in [3.63, 3.8) is 0 Å². The number of nitrogens with zero attached hydrogens (tertiary/aromatic N) is 1. The smallest absolute Gasteiger partial charge is 0.139 e. The molecule has 2 aliphatic rings. The van der Waals surface area contributed by atoms with Crippen LogP contribution in [0.5, 0.6) is 0 Å². The van der Waals surface area contributed by atoms with Gasteiger partial charge in [0, 0.05) is 11.1 Å². The molecular formula is C20H23Cl2NO4. The van der Waals surface area contributed by atoms with Crippen LogP contribution in [0.4, 0.5) is 0 Å². The summed E-state index contributed by atoms with van der Waals surface area (Å²) in [5.74, 6) is 0.708. The molecular weight excluding hydrogens is 389 g/mol. The highest BCUT2D eigenvalue weighted by atomic mass is 35.5. The number of benzene rings is 1. The Hall–Kier alpha value is -1.11. The first-order chi connectivity index (χ1) is 13.1. The Morgan fingerprint density at radius 1 is 1.07 bits per heavy atom. The van der Waals surface area contributed by atoms with E-state index in [9.17, 15) is 0 Å². The zero-order valence-electron chi connectivity index (χ0n) is 15.2. The van der Waals surface area contributed by atoms with E-state index in [0.717, 1.165) is 31.2 Å². The van der Waals surface area contributed by atoms with Gasteiger partial charge in [0.1, 0.15) is 11.5 Å². The lowest BCUT2D eigenvalue weighted by Crippen LogP contribution is -2.22. The Labute approximate surface area is 168 Å². The summed E-state index contributed by atoms with van der Waals surface area (Å²) in [5.41, 5.74) is 2.19. The Bertz CT molecular complexity index is 758. The average molecular weight is 412 g/mol. The number of aryl methyl sites for hydroxylation is 1. The summed E-state index contributed by atoms with van der Waals surface area (Å²) < 4.78 is 23.5. The highest BCUT2D eigenvalue weighted by molar-refractivity contribution is 6.39. The maximum absolute atomic E-state index is 6.36. The molecule has 0 radical (unpaired) electrons. The molecule has 27 heavy (non-hydrogen) atoms. The minimum absolute atomic E-state index is 0.0736. The van der Waals surface area contributed by atoms with Gasteiger partial charge >= 0.3 is 0 Å². The first-order valence-corrected chi connectivity index (χ1v) is 10.1. The maximum atomic E-state index is 6.36. The fraction of sp³-hybridized carbons (Fsp3) is 0.550. The van der Waals surface area contributed by atoms with Gasteiger partial charge < -0.3 is 18.7 Å². The van der Waals surface area contributed by atoms with E-state index >= 15 is 0 Å². The van der Waals surface area contributed by atoms with Crippen LogP contribution in [-0.4, -0.2) is 36.7 Å². The number of ether oxygens (including phenoxy) is 3. The molecule has 1 saturated carbocycles. The summed E-state index contributed by atoms with van der Waals surface area (Å²) in [6.07, 6.45) is 4.37. The van der Waals surface area contributed by atoms with Gasteiger partial charge in [0.05, 0.1) is 48.2 Å². The Morgan fingerprint density at radius 2 is 1.70 bits per heavy atom.